The summed E-state index contributed by atoms with van der Waals surface area (Å²) in [6.45, 7) is 3.35. The fraction of sp³-hybridized carbons (Fsp3) is 0.848. The Morgan fingerprint density at radius 1 is 0.791 bits per heavy atom. The van der Waals surface area contributed by atoms with Crippen molar-refractivity contribution in [2.24, 2.45) is 0 Å². The van der Waals surface area contributed by atoms with Crippen molar-refractivity contribution in [3.05, 3.63) is 24.3 Å². The molecule has 0 rings (SSSR count). The van der Waals surface area contributed by atoms with Crippen LogP contribution in [0, 0.1) is 0 Å². The number of aliphatic hydroxyl groups excluding tert-OH is 2. The number of nitrogens with zero attached hydrogens (tertiary/aromatic N) is 1. The van der Waals surface area contributed by atoms with E-state index in [4.69, 9.17) is 19.5 Å². The molecule has 2 unspecified atom stereocenters. The molecule has 0 aliphatic rings. The van der Waals surface area contributed by atoms with Gasteiger partial charge < -0.3 is 38.5 Å². The topological polar surface area (TPSA) is 136 Å². The van der Waals surface area contributed by atoms with E-state index in [-0.39, 0.29) is 36.9 Å². The van der Waals surface area contributed by atoms with Gasteiger partial charge in [-0.15, -0.1) is 0 Å². The molecule has 10 heteroatoms. The third-order valence-corrected chi connectivity index (χ3v) is 9.91. The average Bonchev–Trinajstić information content (AvgIpc) is 2.95. The molecule has 3 N–H and O–H groups in total. The molecule has 0 aromatic heterocycles. The highest BCUT2D eigenvalue weighted by Crippen LogP contribution is 2.48. The molecule has 0 saturated heterocycles. The predicted molar refractivity (Wildman–Crippen MR) is 172 cm³/mol. The molecule has 0 heterocycles. The third-order valence-electron chi connectivity index (χ3n) is 7.69. The zero-order chi connectivity index (χ0) is 32.4. The minimum atomic E-state index is -4.38. The van der Waals surface area contributed by atoms with Crippen LogP contribution in [-0.4, -0.2) is 77.8 Å². The van der Waals surface area contributed by atoms with Gasteiger partial charge >= 0.3 is 5.97 Å². The van der Waals surface area contributed by atoms with Crippen LogP contribution in [0.4, 0.5) is 0 Å². The third kappa shape index (κ3) is 23.9. The van der Waals surface area contributed by atoms with Gasteiger partial charge in [-0.2, -0.15) is 0 Å². The first-order chi connectivity index (χ1) is 20.5. The van der Waals surface area contributed by atoms with Crippen molar-refractivity contribution in [2.75, 3.05) is 33.9 Å². The number of unbranched alkanes of at least 4 members (excludes halogenated alkanes) is 12. The Balaban J connectivity index is 3.84. The van der Waals surface area contributed by atoms with Crippen LogP contribution in [0.5, 0.6) is 0 Å². The number of hydrogen-bond donors (Lipinski definition) is 3. The van der Waals surface area contributed by atoms with E-state index in [1.54, 1.807) is 21.0 Å². The van der Waals surface area contributed by atoms with Crippen LogP contribution >= 0.6 is 7.60 Å². The van der Waals surface area contributed by atoms with E-state index < -0.39 is 38.3 Å². The van der Waals surface area contributed by atoms with Gasteiger partial charge in [0, 0.05) is 19.3 Å². The number of rotatable bonds is 29. The monoisotopic (exact) mass is 633 g/mol. The molecule has 9 nitrogen and oxygen atoms in total. The zero-order valence-electron chi connectivity index (χ0n) is 27.7. The Bertz CT molecular complexity index is 787. The summed E-state index contributed by atoms with van der Waals surface area (Å²) in [5, 5.41) is 28.3. The van der Waals surface area contributed by atoms with Crippen molar-refractivity contribution >= 4 is 13.6 Å². The van der Waals surface area contributed by atoms with Gasteiger partial charge in [0.25, 0.3) is 0 Å². The van der Waals surface area contributed by atoms with Crippen molar-refractivity contribution in [3.63, 3.8) is 0 Å². The zero-order valence-corrected chi connectivity index (χ0v) is 28.6. The molecule has 0 amide bonds. The van der Waals surface area contributed by atoms with Gasteiger partial charge in [0.15, 0.2) is 19.7 Å². The predicted octanol–water partition coefficient (Wildman–Crippen LogP) is 6.35. The highest BCUT2D eigenvalue weighted by molar-refractivity contribution is 7.51. The van der Waals surface area contributed by atoms with E-state index in [1.807, 2.05) is 0 Å². The first-order valence-electron chi connectivity index (χ1n) is 16.7. The molecule has 0 radical (unpaired) electrons. The minimum Gasteiger partial charge on any atom is -0.774 e. The molecule has 3 atom stereocenters. The van der Waals surface area contributed by atoms with Gasteiger partial charge in [0.05, 0.1) is 27.2 Å². The first kappa shape index (κ1) is 41.9. The molecule has 0 aromatic carbocycles. The maximum absolute atomic E-state index is 12.7. The standard InChI is InChI=1S/C33H64NO8P/c1-5-7-8-9-10-11-12-13-14-15-16-17-18-19-20-21-22-23-24-25-33(38)41-28-30(35)29-42-43(39,40)31(6-2)34(3,4)27-26-32(36)37/h10-11,16-17,30-32,35-37H,5-9,12-15,18-29H2,1-4H3/b11-10-,17-16-/t30-,31?/m1/s1. The van der Waals surface area contributed by atoms with Gasteiger partial charge in [0.2, 0.25) is 0 Å². The van der Waals surface area contributed by atoms with Crippen LogP contribution in [0.15, 0.2) is 24.3 Å². The smallest absolute Gasteiger partial charge is 0.305 e. The summed E-state index contributed by atoms with van der Waals surface area (Å²) >= 11 is 0. The fourth-order valence-electron chi connectivity index (χ4n) is 5.03. The van der Waals surface area contributed by atoms with E-state index in [1.165, 1.54) is 64.2 Å². The number of hydrogen-bond acceptors (Lipinski definition) is 8. The van der Waals surface area contributed by atoms with Gasteiger partial charge in [-0.1, -0.05) is 76.7 Å². The highest BCUT2D eigenvalue weighted by atomic mass is 31.2. The summed E-state index contributed by atoms with van der Waals surface area (Å²) < 4.78 is 22.9. The second-order valence-corrected chi connectivity index (χ2v) is 14.1. The quantitative estimate of drug-likeness (QED) is 0.0217. The highest BCUT2D eigenvalue weighted by Gasteiger charge is 2.37. The van der Waals surface area contributed by atoms with Crippen molar-refractivity contribution in [3.8, 4) is 0 Å². The summed E-state index contributed by atoms with van der Waals surface area (Å²) in [5.74, 6) is -1.32. The van der Waals surface area contributed by atoms with Gasteiger partial charge in [-0.3, -0.25) is 4.79 Å². The normalized spacial score (nSPS) is 15.4. The van der Waals surface area contributed by atoms with Crippen LogP contribution < -0.4 is 4.89 Å². The Kier molecular flexibility index (Phi) is 25.5. The summed E-state index contributed by atoms with van der Waals surface area (Å²) in [6, 6.07) is 0. The lowest BCUT2D eigenvalue weighted by Crippen LogP contribution is -2.51. The molecule has 0 fully saturated rings. The molecule has 0 aromatic rings. The van der Waals surface area contributed by atoms with Gasteiger partial charge in [0.1, 0.15) is 12.7 Å². The number of allylic oxidation sites excluding steroid dienone is 4. The van der Waals surface area contributed by atoms with Crippen LogP contribution in [0.2, 0.25) is 0 Å². The van der Waals surface area contributed by atoms with Crippen molar-refractivity contribution in [2.45, 2.75) is 148 Å². The Morgan fingerprint density at radius 2 is 1.28 bits per heavy atom. The Morgan fingerprint density at radius 3 is 1.79 bits per heavy atom. The summed E-state index contributed by atoms with van der Waals surface area (Å²) in [4.78, 5) is 24.7. The second kappa shape index (κ2) is 26.2. The fourth-order valence-corrected chi connectivity index (χ4v) is 6.91. The van der Waals surface area contributed by atoms with Crippen LogP contribution in [-0.2, 0) is 18.6 Å². The van der Waals surface area contributed by atoms with Gasteiger partial charge in [-0.25, -0.2) is 0 Å². The van der Waals surface area contributed by atoms with E-state index in [0.29, 0.717) is 0 Å². The van der Waals surface area contributed by atoms with Crippen LogP contribution in [0.25, 0.3) is 0 Å². The lowest BCUT2D eigenvalue weighted by molar-refractivity contribution is -0.904. The largest absolute Gasteiger partial charge is 0.774 e. The molecule has 0 saturated carbocycles. The lowest BCUT2D eigenvalue weighted by atomic mass is 10.1. The molecule has 254 valence electrons. The van der Waals surface area contributed by atoms with E-state index in [2.05, 4.69) is 31.2 Å². The maximum atomic E-state index is 12.7. The molecule has 0 bridgehead atoms. The number of esters is 1. The Hall–Kier alpha value is -1.06. The molecular weight excluding hydrogens is 569 g/mol. The van der Waals surface area contributed by atoms with Crippen molar-refractivity contribution < 1.29 is 43.3 Å². The first-order valence-corrected chi connectivity index (χ1v) is 18.3. The van der Waals surface area contributed by atoms with E-state index in [9.17, 15) is 19.4 Å². The molecule has 43 heavy (non-hydrogen) atoms. The number of ether oxygens (including phenoxy) is 1. The molecule has 0 spiro atoms. The molecule has 0 aliphatic carbocycles. The van der Waals surface area contributed by atoms with E-state index >= 15 is 0 Å². The van der Waals surface area contributed by atoms with Crippen molar-refractivity contribution in [1.29, 1.82) is 0 Å². The minimum absolute atomic E-state index is 0.00517. The van der Waals surface area contributed by atoms with Crippen molar-refractivity contribution in [1.82, 2.24) is 0 Å². The van der Waals surface area contributed by atoms with Gasteiger partial charge in [-0.05, 0) is 57.8 Å². The number of carbonyl (C=O) groups excluding carboxylic acids is 1. The lowest BCUT2D eigenvalue weighted by Gasteiger charge is -2.43. The number of quaternary nitrogens is 1. The van der Waals surface area contributed by atoms with Crippen LogP contribution in [0.1, 0.15) is 129 Å². The van der Waals surface area contributed by atoms with E-state index in [0.717, 1.165) is 32.1 Å². The maximum Gasteiger partial charge on any atom is 0.305 e. The summed E-state index contributed by atoms with van der Waals surface area (Å²) in [7, 11) is -1.02. The SMILES string of the molecule is CCCCC/C=C\CCCC/C=C\CCCCCCCCC(=O)OC[C@@H](O)COP(=O)([O-])C(CC)[N+](C)(C)CCC(O)O. The molecular formula is C33H64NO8P. The Labute approximate surface area is 262 Å². The summed E-state index contributed by atoms with van der Waals surface area (Å²) in [6.07, 6.45) is 24.5. The van der Waals surface area contributed by atoms with Crippen LogP contribution in [0.3, 0.4) is 0 Å². The summed E-state index contributed by atoms with van der Waals surface area (Å²) in [5.41, 5.74) is 0. The number of carbonyl (C=O) groups is 1. The average molecular weight is 634 g/mol. The number of aliphatic hydroxyl groups is 3. The molecule has 0 aliphatic heterocycles. The second-order valence-electron chi connectivity index (χ2n) is 12.2.